The predicted octanol–water partition coefficient (Wildman–Crippen LogP) is 3.19. The molecule has 5 heteroatoms. The molecule has 0 fully saturated rings. The third-order valence-corrected chi connectivity index (χ3v) is 3.10. The number of aromatic nitrogens is 1. The van der Waals surface area contributed by atoms with Crippen molar-refractivity contribution >= 4 is 35.6 Å². The summed E-state index contributed by atoms with van der Waals surface area (Å²) in [6, 6.07) is 8.18. The zero-order valence-electron chi connectivity index (χ0n) is 12.1. The van der Waals surface area contributed by atoms with Gasteiger partial charge in [0.25, 0.3) is 0 Å². The zero-order valence-corrected chi connectivity index (χ0v) is 14.4. The summed E-state index contributed by atoms with van der Waals surface area (Å²) in [4.78, 5) is 4.33. The van der Waals surface area contributed by atoms with Crippen molar-refractivity contribution < 1.29 is 0 Å². The SMILES string of the molecule is Cc1ccc(NC(N)=NCc2ccn(C)c2)cc1C.I. The smallest absolute Gasteiger partial charge is 0.193 e. The van der Waals surface area contributed by atoms with E-state index in [0.717, 1.165) is 11.3 Å². The lowest BCUT2D eigenvalue weighted by atomic mass is 10.1. The fourth-order valence-electron chi connectivity index (χ4n) is 1.84. The Morgan fingerprint density at radius 1 is 1.25 bits per heavy atom. The molecule has 0 aliphatic carbocycles. The molecule has 0 bridgehead atoms. The molecule has 1 heterocycles. The molecule has 2 rings (SSSR count). The molecule has 0 amide bonds. The summed E-state index contributed by atoms with van der Waals surface area (Å²) in [6.45, 7) is 4.76. The maximum absolute atomic E-state index is 5.88. The number of benzene rings is 1. The van der Waals surface area contributed by atoms with Crippen LogP contribution in [0.2, 0.25) is 0 Å². The van der Waals surface area contributed by atoms with Gasteiger partial charge in [-0.1, -0.05) is 6.07 Å². The fraction of sp³-hybridized carbons (Fsp3) is 0.267. The van der Waals surface area contributed by atoms with Gasteiger partial charge in [-0.05, 0) is 48.7 Å². The summed E-state index contributed by atoms with van der Waals surface area (Å²) in [5.41, 5.74) is 10.5. The number of hydrogen-bond donors (Lipinski definition) is 2. The minimum Gasteiger partial charge on any atom is -0.370 e. The van der Waals surface area contributed by atoms with Gasteiger partial charge in [0.2, 0.25) is 0 Å². The van der Waals surface area contributed by atoms with Gasteiger partial charge in [-0.15, -0.1) is 24.0 Å². The highest BCUT2D eigenvalue weighted by Crippen LogP contribution is 2.13. The van der Waals surface area contributed by atoms with Crippen molar-refractivity contribution in [1.82, 2.24) is 4.57 Å². The average Bonchev–Trinajstić information content (AvgIpc) is 2.77. The van der Waals surface area contributed by atoms with E-state index < -0.39 is 0 Å². The highest BCUT2D eigenvalue weighted by atomic mass is 127. The number of aliphatic imine (C=N–C) groups is 1. The molecule has 1 aromatic carbocycles. The van der Waals surface area contributed by atoms with Crippen molar-refractivity contribution in [2.24, 2.45) is 17.8 Å². The van der Waals surface area contributed by atoms with Crippen LogP contribution in [-0.4, -0.2) is 10.5 Å². The lowest BCUT2D eigenvalue weighted by Gasteiger charge is -2.07. The number of hydrogen-bond acceptors (Lipinski definition) is 1. The Bertz CT molecular complexity index is 602. The highest BCUT2D eigenvalue weighted by Gasteiger charge is 1.98. The van der Waals surface area contributed by atoms with E-state index in [1.165, 1.54) is 11.1 Å². The van der Waals surface area contributed by atoms with E-state index in [1.807, 2.05) is 36.1 Å². The number of rotatable bonds is 3. The van der Waals surface area contributed by atoms with Crippen molar-refractivity contribution in [3.63, 3.8) is 0 Å². The van der Waals surface area contributed by atoms with Gasteiger partial charge in [0.05, 0.1) is 6.54 Å². The summed E-state index contributed by atoms with van der Waals surface area (Å²) in [5, 5.41) is 3.11. The summed E-state index contributed by atoms with van der Waals surface area (Å²) in [7, 11) is 1.99. The van der Waals surface area contributed by atoms with Gasteiger partial charge >= 0.3 is 0 Å². The van der Waals surface area contributed by atoms with Gasteiger partial charge in [0, 0.05) is 25.1 Å². The standard InChI is InChI=1S/C15H20N4.HI/c1-11-4-5-14(8-12(11)2)18-15(16)17-9-13-6-7-19(3)10-13;/h4-8,10H,9H2,1-3H3,(H3,16,17,18);1H. The Morgan fingerprint density at radius 2 is 2.00 bits per heavy atom. The molecular weight excluding hydrogens is 363 g/mol. The number of halogens is 1. The van der Waals surface area contributed by atoms with Gasteiger partial charge in [0.1, 0.15) is 0 Å². The topological polar surface area (TPSA) is 55.3 Å². The average molecular weight is 384 g/mol. The molecule has 3 N–H and O–H groups in total. The summed E-state index contributed by atoms with van der Waals surface area (Å²) in [6.07, 6.45) is 4.03. The maximum atomic E-state index is 5.88. The molecule has 1 aromatic heterocycles. The third kappa shape index (κ3) is 4.56. The first-order valence-electron chi connectivity index (χ1n) is 6.29. The number of nitrogens with two attached hydrogens (primary N) is 1. The summed E-state index contributed by atoms with van der Waals surface area (Å²) < 4.78 is 2.00. The van der Waals surface area contributed by atoms with Crippen LogP contribution < -0.4 is 11.1 Å². The predicted molar refractivity (Wildman–Crippen MR) is 95.7 cm³/mol. The molecule has 2 aromatic rings. The number of guanidine groups is 1. The van der Waals surface area contributed by atoms with Gasteiger partial charge in [-0.2, -0.15) is 0 Å². The van der Waals surface area contributed by atoms with Crippen molar-refractivity contribution in [2.75, 3.05) is 5.32 Å². The normalized spacial score (nSPS) is 11.1. The number of anilines is 1. The van der Waals surface area contributed by atoms with E-state index in [0.29, 0.717) is 12.5 Å². The third-order valence-electron chi connectivity index (χ3n) is 3.10. The Morgan fingerprint density at radius 3 is 2.60 bits per heavy atom. The second-order valence-corrected chi connectivity index (χ2v) is 4.81. The van der Waals surface area contributed by atoms with Crippen molar-refractivity contribution in [3.8, 4) is 0 Å². The largest absolute Gasteiger partial charge is 0.370 e. The van der Waals surface area contributed by atoms with E-state index in [-0.39, 0.29) is 24.0 Å². The van der Waals surface area contributed by atoms with E-state index in [4.69, 9.17) is 5.73 Å². The Hall–Kier alpha value is -1.50. The van der Waals surface area contributed by atoms with Gasteiger partial charge in [0.15, 0.2) is 5.96 Å². The van der Waals surface area contributed by atoms with E-state index in [2.05, 4.69) is 36.3 Å². The molecule has 20 heavy (non-hydrogen) atoms. The zero-order chi connectivity index (χ0) is 13.8. The van der Waals surface area contributed by atoms with Crippen LogP contribution in [0.5, 0.6) is 0 Å². The van der Waals surface area contributed by atoms with Crippen LogP contribution in [-0.2, 0) is 13.6 Å². The molecule has 108 valence electrons. The van der Waals surface area contributed by atoms with Crippen LogP contribution in [0.3, 0.4) is 0 Å². The van der Waals surface area contributed by atoms with Crippen molar-refractivity contribution in [1.29, 1.82) is 0 Å². The van der Waals surface area contributed by atoms with Crippen LogP contribution >= 0.6 is 24.0 Å². The van der Waals surface area contributed by atoms with E-state index in [1.54, 1.807) is 0 Å². The molecule has 0 radical (unpaired) electrons. The van der Waals surface area contributed by atoms with E-state index >= 15 is 0 Å². The lowest BCUT2D eigenvalue weighted by Crippen LogP contribution is -2.22. The van der Waals surface area contributed by atoms with E-state index in [9.17, 15) is 0 Å². The molecule has 0 aliphatic rings. The van der Waals surface area contributed by atoms with Crippen LogP contribution in [0.4, 0.5) is 5.69 Å². The first-order valence-corrected chi connectivity index (χ1v) is 6.29. The quantitative estimate of drug-likeness (QED) is 0.485. The monoisotopic (exact) mass is 384 g/mol. The van der Waals surface area contributed by atoms with Crippen molar-refractivity contribution in [2.45, 2.75) is 20.4 Å². The summed E-state index contributed by atoms with van der Waals surface area (Å²) in [5.74, 6) is 0.437. The minimum absolute atomic E-state index is 0. The minimum atomic E-state index is 0. The molecule has 0 spiro atoms. The molecule has 4 nitrogen and oxygen atoms in total. The Labute approximate surface area is 137 Å². The number of nitrogens with zero attached hydrogens (tertiary/aromatic N) is 2. The van der Waals surface area contributed by atoms with Gasteiger partial charge in [-0.25, -0.2) is 4.99 Å². The molecule has 0 saturated carbocycles. The second kappa shape index (κ2) is 7.33. The van der Waals surface area contributed by atoms with Crippen LogP contribution in [0.15, 0.2) is 41.7 Å². The Balaban J connectivity index is 0.00000200. The second-order valence-electron chi connectivity index (χ2n) is 4.81. The van der Waals surface area contributed by atoms with Crippen LogP contribution in [0.25, 0.3) is 0 Å². The Kier molecular flexibility index (Phi) is 6.06. The van der Waals surface area contributed by atoms with Gasteiger partial charge in [-0.3, -0.25) is 0 Å². The first kappa shape index (κ1) is 16.6. The highest BCUT2D eigenvalue weighted by molar-refractivity contribution is 14.0. The molecular formula is C15H21IN4. The first-order chi connectivity index (χ1) is 9.04. The molecule has 0 aliphatic heterocycles. The molecule has 0 saturated heterocycles. The number of aryl methyl sites for hydroxylation is 3. The van der Waals surface area contributed by atoms with Crippen LogP contribution in [0.1, 0.15) is 16.7 Å². The summed E-state index contributed by atoms with van der Waals surface area (Å²) >= 11 is 0. The molecule has 0 atom stereocenters. The van der Waals surface area contributed by atoms with Crippen LogP contribution in [0, 0.1) is 13.8 Å². The fourth-order valence-corrected chi connectivity index (χ4v) is 1.84. The van der Waals surface area contributed by atoms with Gasteiger partial charge < -0.3 is 15.6 Å². The number of nitrogens with one attached hydrogen (secondary N) is 1. The molecule has 0 unspecified atom stereocenters. The van der Waals surface area contributed by atoms with Crippen molar-refractivity contribution in [3.05, 3.63) is 53.3 Å². The lowest BCUT2D eigenvalue weighted by molar-refractivity contribution is 0.916. The maximum Gasteiger partial charge on any atom is 0.193 e.